The standard InChI is InChI=1S/C14H23N3O2/c1-2-17(10-13-4-3-9-19-13)14(18)11-16-7-5-12(15)6-8-16/h3-4,9,12H,2,5-8,10-11,15H2,1H3. The van der Waals surface area contributed by atoms with E-state index in [1.54, 1.807) is 6.26 Å². The SMILES string of the molecule is CCN(Cc1ccco1)C(=O)CN1CCC(N)CC1. The quantitative estimate of drug-likeness (QED) is 0.864. The van der Waals surface area contributed by atoms with E-state index in [1.165, 1.54) is 0 Å². The van der Waals surface area contributed by atoms with Gasteiger partial charge >= 0.3 is 0 Å². The number of likely N-dealkylation sites (N-methyl/N-ethyl adjacent to an activating group) is 1. The predicted octanol–water partition coefficient (Wildman–Crippen LogP) is 1.05. The van der Waals surface area contributed by atoms with Gasteiger partial charge in [0.25, 0.3) is 0 Å². The Kier molecular flexibility index (Phi) is 4.99. The highest BCUT2D eigenvalue weighted by molar-refractivity contribution is 5.78. The van der Waals surface area contributed by atoms with Crippen molar-refractivity contribution in [2.45, 2.75) is 32.4 Å². The molecular weight excluding hydrogens is 242 g/mol. The van der Waals surface area contributed by atoms with Gasteiger partial charge in [0.1, 0.15) is 5.76 Å². The lowest BCUT2D eigenvalue weighted by molar-refractivity contribution is -0.133. The third kappa shape index (κ3) is 4.08. The summed E-state index contributed by atoms with van der Waals surface area (Å²) in [6.07, 6.45) is 3.61. The first-order chi connectivity index (χ1) is 9.19. The summed E-state index contributed by atoms with van der Waals surface area (Å²) >= 11 is 0. The Labute approximate surface area is 114 Å². The monoisotopic (exact) mass is 265 g/mol. The van der Waals surface area contributed by atoms with Crippen molar-refractivity contribution in [1.82, 2.24) is 9.80 Å². The second-order valence-corrected chi connectivity index (χ2v) is 5.10. The predicted molar refractivity (Wildman–Crippen MR) is 73.4 cm³/mol. The minimum Gasteiger partial charge on any atom is -0.467 e. The molecule has 5 nitrogen and oxygen atoms in total. The van der Waals surface area contributed by atoms with Crippen molar-refractivity contribution in [1.29, 1.82) is 0 Å². The van der Waals surface area contributed by atoms with Crippen molar-refractivity contribution < 1.29 is 9.21 Å². The molecule has 19 heavy (non-hydrogen) atoms. The van der Waals surface area contributed by atoms with Crippen molar-refractivity contribution in [3.63, 3.8) is 0 Å². The summed E-state index contributed by atoms with van der Waals surface area (Å²) in [5, 5.41) is 0. The van der Waals surface area contributed by atoms with Gasteiger partial charge in [0, 0.05) is 25.7 Å². The number of amides is 1. The molecule has 0 bridgehead atoms. The van der Waals surface area contributed by atoms with E-state index in [0.29, 0.717) is 25.7 Å². The molecule has 1 aromatic rings. The van der Waals surface area contributed by atoms with Gasteiger partial charge in [0.05, 0.1) is 19.4 Å². The third-order valence-electron chi connectivity index (χ3n) is 3.65. The van der Waals surface area contributed by atoms with E-state index in [0.717, 1.165) is 31.7 Å². The molecule has 0 atom stereocenters. The molecule has 0 saturated carbocycles. The molecule has 106 valence electrons. The smallest absolute Gasteiger partial charge is 0.237 e. The number of nitrogens with zero attached hydrogens (tertiary/aromatic N) is 2. The first-order valence-corrected chi connectivity index (χ1v) is 6.97. The van der Waals surface area contributed by atoms with Gasteiger partial charge in [-0.15, -0.1) is 0 Å². The Hall–Kier alpha value is -1.33. The molecular formula is C14H23N3O2. The molecule has 1 aliphatic heterocycles. The molecule has 0 aliphatic carbocycles. The Morgan fingerprint density at radius 1 is 1.53 bits per heavy atom. The van der Waals surface area contributed by atoms with Crippen LogP contribution in [0.3, 0.4) is 0 Å². The average molecular weight is 265 g/mol. The first kappa shape index (κ1) is 14.1. The zero-order valence-corrected chi connectivity index (χ0v) is 11.5. The minimum absolute atomic E-state index is 0.161. The summed E-state index contributed by atoms with van der Waals surface area (Å²) in [5.74, 6) is 0.991. The molecule has 2 rings (SSSR count). The summed E-state index contributed by atoms with van der Waals surface area (Å²) in [7, 11) is 0. The summed E-state index contributed by atoms with van der Waals surface area (Å²) in [6.45, 7) is 5.58. The lowest BCUT2D eigenvalue weighted by Gasteiger charge is -2.31. The Morgan fingerprint density at radius 2 is 2.26 bits per heavy atom. The van der Waals surface area contributed by atoms with E-state index in [-0.39, 0.29) is 5.91 Å². The molecule has 1 aromatic heterocycles. The summed E-state index contributed by atoms with van der Waals surface area (Å²) in [4.78, 5) is 16.3. The van der Waals surface area contributed by atoms with Gasteiger partial charge in [0.15, 0.2) is 0 Å². The molecule has 0 aromatic carbocycles. The topological polar surface area (TPSA) is 62.7 Å². The van der Waals surface area contributed by atoms with Gasteiger partial charge in [-0.3, -0.25) is 9.69 Å². The maximum atomic E-state index is 12.3. The number of nitrogens with two attached hydrogens (primary N) is 1. The zero-order valence-electron chi connectivity index (χ0n) is 11.5. The van der Waals surface area contributed by atoms with E-state index in [9.17, 15) is 4.79 Å². The van der Waals surface area contributed by atoms with Gasteiger partial charge in [-0.1, -0.05) is 0 Å². The maximum Gasteiger partial charge on any atom is 0.237 e. The van der Waals surface area contributed by atoms with Crippen molar-refractivity contribution >= 4 is 5.91 Å². The van der Waals surface area contributed by atoms with Gasteiger partial charge in [-0.25, -0.2) is 0 Å². The van der Waals surface area contributed by atoms with Crippen LogP contribution in [0.4, 0.5) is 0 Å². The number of piperidine rings is 1. The van der Waals surface area contributed by atoms with Crippen molar-refractivity contribution in [2.75, 3.05) is 26.2 Å². The average Bonchev–Trinajstić information content (AvgIpc) is 2.91. The van der Waals surface area contributed by atoms with Crippen LogP contribution in [-0.2, 0) is 11.3 Å². The first-order valence-electron chi connectivity index (χ1n) is 6.97. The highest BCUT2D eigenvalue weighted by Gasteiger charge is 2.21. The largest absolute Gasteiger partial charge is 0.467 e. The van der Waals surface area contributed by atoms with E-state index in [2.05, 4.69) is 4.90 Å². The van der Waals surface area contributed by atoms with Crippen LogP contribution in [0.15, 0.2) is 22.8 Å². The Morgan fingerprint density at radius 3 is 2.84 bits per heavy atom. The van der Waals surface area contributed by atoms with Crippen LogP contribution in [0.5, 0.6) is 0 Å². The number of carbonyl (C=O) groups excluding carboxylic acids is 1. The summed E-state index contributed by atoms with van der Waals surface area (Å²) in [5.41, 5.74) is 5.87. The van der Waals surface area contributed by atoms with Crippen LogP contribution in [0.1, 0.15) is 25.5 Å². The number of rotatable bonds is 5. The Bertz CT molecular complexity index is 383. The Balaban J connectivity index is 1.83. The van der Waals surface area contributed by atoms with Gasteiger partial charge < -0.3 is 15.1 Å². The van der Waals surface area contributed by atoms with Crippen LogP contribution < -0.4 is 5.73 Å². The fraction of sp³-hybridized carbons (Fsp3) is 0.643. The molecule has 2 heterocycles. The van der Waals surface area contributed by atoms with Crippen LogP contribution in [0, 0.1) is 0 Å². The fourth-order valence-corrected chi connectivity index (χ4v) is 2.37. The van der Waals surface area contributed by atoms with Crippen LogP contribution in [0.25, 0.3) is 0 Å². The molecule has 0 spiro atoms. The van der Waals surface area contributed by atoms with Crippen molar-refractivity contribution in [3.8, 4) is 0 Å². The second-order valence-electron chi connectivity index (χ2n) is 5.10. The number of hydrogen-bond donors (Lipinski definition) is 1. The van der Waals surface area contributed by atoms with Crippen LogP contribution in [0.2, 0.25) is 0 Å². The number of hydrogen-bond acceptors (Lipinski definition) is 4. The minimum atomic E-state index is 0.161. The zero-order chi connectivity index (χ0) is 13.7. The number of likely N-dealkylation sites (tertiary alicyclic amines) is 1. The van der Waals surface area contributed by atoms with E-state index in [4.69, 9.17) is 10.2 Å². The summed E-state index contributed by atoms with van der Waals surface area (Å²) in [6, 6.07) is 4.05. The van der Waals surface area contributed by atoms with Gasteiger partial charge in [0.2, 0.25) is 5.91 Å². The van der Waals surface area contributed by atoms with Crippen molar-refractivity contribution in [3.05, 3.63) is 24.2 Å². The molecule has 1 saturated heterocycles. The maximum absolute atomic E-state index is 12.3. The van der Waals surface area contributed by atoms with Crippen LogP contribution in [-0.4, -0.2) is 47.9 Å². The molecule has 1 aliphatic rings. The third-order valence-corrected chi connectivity index (χ3v) is 3.65. The molecule has 5 heteroatoms. The highest BCUT2D eigenvalue weighted by Crippen LogP contribution is 2.10. The molecule has 1 fully saturated rings. The van der Waals surface area contributed by atoms with E-state index < -0.39 is 0 Å². The normalized spacial score (nSPS) is 17.6. The van der Waals surface area contributed by atoms with Gasteiger partial charge in [-0.2, -0.15) is 0 Å². The lowest BCUT2D eigenvalue weighted by Crippen LogP contribution is -2.45. The lowest BCUT2D eigenvalue weighted by atomic mass is 10.1. The summed E-state index contributed by atoms with van der Waals surface area (Å²) < 4.78 is 5.30. The number of carbonyl (C=O) groups is 1. The molecule has 2 N–H and O–H groups in total. The highest BCUT2D eigenvalue weighted by atomic mass is 16.3. The molecule has 0 unspecified atom stereocenters. The van der Waals surface area contributed by atoms with E-state index >= 15 is 0 Å². The van der Waals surface area contributed by atoms with Gasteiger partial charge in [-0.05, 0) is 31.9 Å². The molecule has 1 amide bonds. The second kappa shape index (κ2) is 6.73. The number of furan rings is 1. The molecule has 0 radical (unpaired) electrons. The van der Waals surface area contributed by atoms with Crippen molar-refractivity contribution in [2.24, 2.45) is 5.73 Å². The fourth-order valence-electron chi connectivity index (χ4n) is 2.37. The van der Waals surface area contributed by atoms with E-state index in [1.807, 2.05) is 24.0 Å². The van der Waals surface area contributed by atoms with Crippen LogP contribution >= 0.6 is 0 Å².